The van der Waals surface area contributed by atoms with Crippen LogP contribution in [0, 0.1) is 0 Å². The molecule has 3 rings (SSSR count). The molecule has 4 N–H and O–H groups in total. The van der Waals surface area contributed by atoms with Crippen LogP contribution in [-0.2, 0) is 17.8 Å². The number of benzene rings is 1. The van der Waals surface area contributed by atoms with Gasteiger partial charge in [-0.05, 0) is 68.7 Å². The number of nitrogens with zero attached hydrogens (tertiary/aromatic N) is 1. The Labute approximate surface area is 220 Å². The minimum atomic E-state index is -0.635. The second-order valence-electron chi connectivity index (χ2n) is 9.77. The van der Waals surface area contributed by atoms with Crippen molar-refractivity contribution in [2.24, 2.45) is 0 Å². The molecular weight excluding hydrogens is 474 g/mol. The molecule has 1 aliphatic carbocycles. The first-order chi connectivity index (χ1) is 17.9. The molecule has 1 fully saturated rings. The average Bonchev–Trinajstić information content (AvgIpc) is 2.91. The number of carbonyl (C=O) groups excluding carboxylic acids is 3. The first kappa shape index (κ1) is 28.4. The summed E-state index contributed by atoms with van der Waals surface area (Å²) >= 11 is 0. The van der Waals surface area contributed by atoms with Gasteiger partial charge in [0, 0.05) is 32.2 Å². The number of methoxy groups -OCH3 is 2. The van der Waals surface area contributed by atoms with E-state index in [0.717, 1.165) is 30.4 Å². The number of hydrogen-bond donors (Lipinski definition) is 4. The third kappa shape index (κ3) is 8.43. The second-order valence-corrected chi connectivity index (χ2v) is 9.77. The molecule has 1 heterocycles. The molecule has 1 aromatic rings. The van der Waals surface area contributed by atoms with Gasteiger partial charge < -0.3 is 35.6 Å². The third-order valence-electron chi connectivity index (χ3n) is 7.12. The Morgan fingerprint density at radius 2 is 1.68 bits per heavy atom. The number of rotatable bonds is 11. The topological polar surface area (TPSA) is 121 Å². The maximum atomic E-state index is 13.5. The van der Waals surface area contributed by atoms with Gasteiger partial charge in [-0.15, -0.1) is 0 Å². The summed E-state index contributed by atoms with van der Waals surface area (Å²) in [5.74, 6) is 1.21. The van der Waals surface area contributed by atoms with Gasteiger partial charge in [-0.1, -0.05) is 19.3 Å². The lowest BCUT2D eigenvalue weighted by Crippen LogP contribution is -2.52. The van der Waals surface area contributed by atoms with E-state index < -0.39 is 6.04 Å². The van der Waals surface area contributed by atoms with E-state index >= 15 is 0 Å². The lowest BCUT2D eigenvalue weighted by Gasteiger charge is -2.32. The maximum Gasteiger partial charge on any atom is 0.315 e. The Bertz CT molecular complexity index is 919. The van der Waals surface area contributed by atoms with Crippen molar-refractivity contribution < 1.29 is 23.9 Å². The van der Waals surface area contributed by atoms with Gasteiger partial charge in [-0.25, -0.2) is 9.59 Å². The van der Waals surface area contributed by atoms with Crippen LogP contribution in [0.5, 0.6) is 11.5 Å². The zero-order chi connectivity index (χ0) is 26.6. The summed E-state index contributed by atoms with van der Waals surface area (Å²) in [5, 5.41) is 11.5. The molecule has 1 aliphatic heterocycles. The van der Waals surface area contributed by atoms with Crippen LogP contribution in [0.15, 0.2) is 12.1 Å². The highest BCUT2D eigenvalue weighted by Crippen LogP contribution is 2.33. The normalized spacial score (nSPS) is 16.2. The van der Waals surface area contributed by atoms with Gasteiger partial charge >= 0.3 is 12.1 Å². The zero-order valence-corrected chi connectivity index (χ0v) is 22.5. The molecule has 0 bridgehead atoms. The smallest absolute Gasteiger partial charge is 0.315 e. The summed E-state index contributed by atoms with van der Waals surface area (Å²) in [5.41, 5.74) is 2.15. The van der Waals surface area contributed by atoms with E-state index in [4.69, 9.17) is 9.47 Å². The van der Waals surface area contributed by atoms with E-state index in [9.17, 15) is 14.4 Å². The third-order valence-corrected chi connectivity index (χ3v) is 7.12. The predicted molar refractivity (Wildman–Crippen MR) is 142 cm³/mol. The Hall–Kier alpha value is -3.17. The van der Waals surface area contributed by atoms with Crippen molar-refractivity contribution in [1.29, 1.82) is 0 Å². The molecule has 10 nitrogen and oxygen atoms in total. The molecule has 37 heavy (non-hydrogen) atoms. The van der Waals surface area contributed by atoms with Gasteiger partial charge in [0.1, 0.15) is 6.04 Å². The summed E-state index contributed by atoms with van der Waals surface area (Å²) < 4.78 is 10.8. The molecule has 206 valence electrons. The predicted octanol–water partition coefficient (Wildman–Crippen LogP) is 3.08. The van der Waals surface area contributed by atoms with Crippen LogP contribution < -0.4 is 30.7 Å². The number of nitrogens with one attached hydrogen (secondary N) is 4. The lowest BCUT2D eigenvalue weighted by molar-refractivity contribution is -0.134. The quantitative estimate of drug-likeness (QED) is 0.336. The summed E-state index contributed by atoms with van der Waals surface area (Å²) in [7, 11) is 3.20. The van der Waals surface area contributed by atoms with E-state index in [1.54, 1.807) is 19.1 Å². The minimum absolute atomic E-state index is 0.102. The Morgan fingerprint density at radius 3 is 2.35 bits per heavy atom. The fourth-order valence-corrected chi connectivity index (χ4v) is 5.08. The number of urea groups is 2. The molecule has 2 aliphatic rings. The standard InChI is InChI=1S/C27H43N5O5/c1-4-28-26(34)31-22(12-8-9-14-29-27(35)30-21-10-6-5-7-11-21)25(33)32-15-13-19-16-23(36-2)24(37-3)17-20(19)18-32/h16-17,21-22H,4-15,18H2,1-3H3,(H2,28,31,34)(H2,29,30,35). The Morgan fingerprint density at radius 1 is 0.973 bits per heavy atom. The number of hydrogen-bond acceptors (Lipinski definition) is 5. The van der Waals surface area contributed by atoms with E-state index in [-0.39, 0.29) is 24.0 Å². The number of amides is 5. The number of unbranched alkanes of at least 4 members (excludes halogenated alkanes) is 1. The van der Waals surface area contributed by atoms with Crippen LogP contribution >= 0.6 is 0 Å². The summed E-state index contributed by atoms with van der Waals surface area (Å²) in [6.07, 6.45) is 8.30. The number of carbonyl (C=O) groups is 3. The number of ether oxygens (including phenoxy) is 2. The second kappa shape index (κ2) is 14.5. The SMILES string of the molecule is CCNC(=O)NC(CCCCNC(=O)NC1CCCCC1)C(=O)N1CCc2cc(OC)c(OC)cc2C1. The summed E-state index contributed by atoms with van der Waals surface area (Å²) in [6, 6.07) is 3.05. The molecule has 1 saturated carbocycles. The van der Waals surface area contributed by atoms with Crippen molar-refractivity contribution in [1.82, 2.24) is 26.2 Å². The van der Waals surface area contributed by atoms with Gasteiger partial charge in [0.2, 0.25) is 5.91 Å². The number of fused-ring (bicyclic) bond motifs is 1. The van der Waals surface area contributed by atoms with Crippen molar-refractivity contribution in [3.8, 4) is 11.5 Å². The molecule has 0 spiro atoms. The van der Waals surface area contributed by atoms with Crippen molar-refractivity contribution in [3.05, 3.63) is 23.3 Å². The molecule has 5 amide bonds. The van der Waals surface area contributed by atoms with Crippen molar-refractivity contribution in [2.75, 3.05) is 33.9 Å². The van der Waals surface area contributed by atoms with Crippen LogP contribution in [0.4, 0.5) is 9.59 Å². The van der Waals surface area contributed by atoms with E-state index in [0.29, 0.717) is 56.9 Å². The van der Waals surface area contributed by atoms with Crippen LogP contribution in [0.3, 0.4) is 0 Å². The van der Waals surface area contributed by atoms with Crippen LogP contribution in [-0.4, -0.2) is 68.8 Å². The fraction of sp³-hybridized carbons (Fsp3) is 0.667. The van der Waals surface area contributed by atoms with Gasteiger partial charge in [-0.2, -0.15) is 0 Å². The molecule has 0 aromatic heterocycles. The molecule has 0 saturated heterocycles. The summed E-state index contributed by atoms with van der Waals surface area (Å²) in [6.45, 7) is 3.86. The van der Waals surface area contributed by atoms with Gasteiger partial charge in [0.05, 0.1) is 14.2 Å². The fourth-order valence-electron chi connectivity index (χ4n) is 5.08. The van der Waals surface area contributed by atoms with Crippen molar-refractivity contribution >= 4 is 18.0 Å². The van der Waals surface area contributed by atoms with Crippen molar-refractivity contribution in [3.63, 3.8) is 0 Å². The molecule has 1 unspecified atom stereocenters. The highest BCUT2D eigenvalue weighted by Gasteiger charge is 2.29. The highest BCUT2D eigenvalue weighted by atomic mass is 16.5. The largest absolute Gasteiger partial charge is 0.493 e. The van der Waals surface area contributed by atoms with E-state index in [1.807, 2.05) is 19.1 Å². The van der Waals surface area contributed by atoms with Gasteiger partial charge in [0.15, 0.2) is 11.5 Å². The molecular formula is C27H43N5O5. The van der Waals surface area contributed by atoms with Crippen LogP contribution in [0.25, 0.3) is 0 Å². The van der Waals surface area contributed by atoms with E-state index in [1.165, 1.54) is 19.3 Å². The van der Waals surface area contributed by atoms with Crippen molar-refractivity contribution in [2.45, 2.75) is 83.3 Å². The first-order valence-corrected chi connectivity index (χ1v) is 13.6. The lowest BCUT2D eigenvalue weighted by atomic mass is 9.96. The van der Waals surface area contributed by atoms with Gasteiger partial charge in [-0.3, -0.25) is 4.79 Å². The Balaban J connectivity index is 1.52. The van der Waals surface area contributed by atoms with Crippen LogP contribution in [0.2, 0.25) is 0 Å². The molecule has 0 radical (unpaired) electrons. The molecule has 1 aromatic carbocycles. The molecule has 1 atom stereocenters. The monoisotopic (exact) mass is 517 g/mol. The van der Waals surface area contributed by atoms with Gasteiger partial charge in [0.25, 0.3) is 0 Å². The molecule has 10 heteroatoms. The van der Waals surface area contributed by atoms with E-state index in [2.05, 4.69) is 21.3 Å². The highest BCUT2D eigenvalue weighted by molar-refractivity contribution is 5.87. The zero-order valence-electron chi connectivity index (χ0n) is 22.5. The Kier molecular flexibility index (Phi) is 11.2. The minimum Gasteiger partial charge on any atom is -0.493 e. The average molecular weight is 518 g/mol. The van der Waals surface area contributed by atoms with Crippen LogP contribution in [0.1, 0.15) is 69.4 Å². The maximum absolute atomic E-state index is 13.5. The summed E-state index contributed by atoms with van der Waals surface area (Å²) in [4.78, 5) is 39.7. The first-order valence-electron chi connectivity index (χ1n) is 13.6.